The number of likely N-dealkylation sites (N-methyl/N-ethyl adjacent to an activating group) is 1. The van der Waals surface area contributed by atoms with Gasteiger partial charge in [-0.25, -0.2) is 4.39 Å². The Bertz CT molecular complexity index is 354. The number of rotatable bonds is 5. The van der Waals surface area contributed by atoms with Crippen LogP contribution >= 0.6 is 0 Å². The minimum absolute atomic E-state index is 0.162. The van der Waals surface area contributed by atoms with E-state index in [0.29, 0.717) is 0 Å². The van der Waals surface area contributed by atoms with Crippen LogP contribution in [0.3, 0.4) is 0 Å². The third-order valence-electron chi connectivity index (χ3n) is 2.35. The van der Waals surface area contributed by atoms with Crippen LogP contribution in [0.5, 0.6) is 0 Å². The largest absolute Gasteiger partial charge is 0.310 e. The van der Waals surface area contributed by atoms with Crippen LogP contribution in [0.2, 0.25) is 0 Å². The summed E-state index contributed by atoms with van der Waals surface area (Å²) in [5.74, 6) is -0.162. The molecule has 0 fully saturated rings. The van der Waals surface area contributed by atoms with Gasteiger partial charge in [-0.1, -0.05) is 30.7 Å². The Balaban J connectivity index is 2.71. The average molecular weight is 221 g/mol. The summed E-state index contributed by atoms with van der Waals surface area (Å²) in [5.41, 5.74) is 2.31. The van der Waals surface area contributed by atoms with Gasteiger partial charge in [0.25, 0.3) is 0 Å². The number of allylic oxidation sites excluding steroid dienone is 1. The summed E-state index contributed by atoms with van der Waals surface area (Å²) in [4.78, 5) is 0. The van der Waals surface area contributed by atoms with Crippen molar-refractivity contribution >= 4 is 0 Å². The first-order chi connectivity index (χ1) is 7.61. The van der Waals surface area contributed by atoms with Crippen molar-refractivity contribution < 1.29 is 4.39 Å². The van der Waals surface area contributed by atoms with Crippen molar-refractivity contribution in [2.45, 2.75) is 33.2 Å². The summed E-state index contributed by atoms with van der Waals surface area (Å²) in [7, 11) is 0. The van der Waals surface area contributed by atoms with E-state index < -0.39 is 0 Å². The van der Waals surface area contributed by atoms with E-state index in [2.05, 4.69) is 32.2 Å². The molecule has 0 saturated carbocycles. The van der Waals surface area contributed by atoms with Gasteiger partial charge in [-0.2, -0.15) is 0 Å². The molecule has 88 valence electrons. The van der Waals surface area contributed by atoms with Crippen molar-refractivity contribution in [3.8, 4) is 0 Å². The number of nitrogens with one attached hydrogen (secondary N) is 1. The zero-order valence-corrected chi connectivity index (χ0v) is 10.3. The quantitative estimate of drug-likeness (QED) is 0.752. The minimum Gasteiger partial charge on any atom is -0.310 e. The molecule has 0 aliphatic rings. The molecule has 1 unspecified atom stereocenters. The zero-order chi connectivity index (χ0) is 12.0. The van der Waals surface area contributed by atoms with Gasteiger partial charge in [-0.15, -0.1) is 0 Å². The highest BCUT2D eigenvalue weighted by Gasteiger charge is 2.05. The summed E-state index contributed by atoms with van der Waals surface area (Å²) in [6, 6.07) is 7.09. The van der Waals surface area contributed by atoms with Gasteiger partial charge in [0.05, 0.1) is 0 Å². The van der Waals surface area contributed by atoms with Gasteiger partial charge in [-0.05, 0) is 44.5 Å². The first-order valence-corrected chi connectivity index (χ1v) is 5.74. The lowest BCUT2D eigenvalue weighted by Gasteiger charge is -2.14. The fraction of sp³-hybridized carbons (Fsp3) is 0.429. The second kappa shape index (κ2) is 6.44. The van der Waals surface area contributed by atoms with E-state index in [1.54, 1.807) is 12.1 Å². The Labute approximate surface area is 97.4 Å². The molecule has 0 aliphatic carbocycles. The van der Waals surface area contributed by atoms with Gasteiger partial charge in [-0.3, -0.25) is 0 Å². The molecule has 0 aromatic heterocycles. The van der Waals surface area contributed by atoms with Crippen LogP contribution in [0.4, 0.5) is 4.39 Å². The maximum atomic E-state index is 13.0. The molecular formula is C14H20FN. The molecule has 0 spiro atoms. The van der Waals surface area contributed by atoms with Crippen molar-refractivity contribution in [2.75, 3.05) is 6.54 Å². The van der Waals surface area contributed by atoms with Crippen LogP contribution in [-0.2, 0) is 6.42 Å². The third kappa shape index (κ3) is 4.58. The summed E-state index contributed by atoms with van der Waals surface area (Å²) in [6.07, 6.45) is 3.02. The molecule has 1 atom stereocenters. The SMILES string of the molecule is CCNC(C=C(C)C)Cc1cccc(F)c1. The Morgan fingerprint density at radius 2 is 2.19 bits per heavy atom. The molecule has 0 heterocycles. The highest BCUT2D eigenvalue weighted by molar-refractivity contribution is 5.19. The van der Waals surface area contributed by atoms with Crippen LogP contribution in [-0.4, -0.2) is 12.6 Å². The molecule has 1 aromatic rings. The number of benzene rings is 1. The van der Waals surface area contributed by atoms with Gasteiger partial charge in [0.15, 0.2) is 0 Å². The Morgan fingerprint density at radius 1 is 1.44 bits per heavy atom. The van der Waals surface area contributed by atoms with E-state index in [1.165, 1.54) is 11.6 Å². The Morgan fingerprint density at radius 3 is 2.75 bits per heavy atom. The van der Waals surface area contributed by atoms with E-state index in [9.17, 15) is 4.39 Å². The smallest absolute Gasteiger partial charge is 0.123 e. The lowest BCUT2D eigenvalue weighted by molar-refractivity contribution is 0.599. The van der Waals surface area contributed by atoms with Gasteiger partial charge in [0.2, 0.25) is 0 Å². The van der Waals surface area contributed by atoms with Gasteiger partial charge < -0.3 is 5.32 Å². The summed E-state index contributed by atoms with van der Waals surface area (Å²) >= 11 is 0. The molecule has 0 aliphatic heterocycles. The Kier molecular flexibility index (Phi) is 5.20. The molecule has 0 saturated heterocycles. The first-order valence-electron chi connectivity index (χ1n) is 5.74. The minimum atomic E-state index is -0.162. The topological polar surface area (TPSA) is 12.0 Å². The third-order valence-corrected chi connectivity index (χ3v) is 2.35. The van der Waals surface area contributed by atoms with Crippen molar-refractivity contribution in [1.82, 2.24) is 5.32 Å². The van der Waals surface area contributed by atoms with Crippen LogP contribution in [0.15, 0.2) is 35.9 Å². The fourth-order valence-electron chi connectivity index (χ4n) is 1.77. The predicted molar refractivity (Wildman–Crippen MR) is 67.0 cm³/mol. The van der Waals surface area contributed by atoms with Crippen LogP contribution < -0.4 is 5.32 Å². The molecule has 16 heavy (non-hydrogen) atoms. The molecule has 2 heteroatoms. The van der Waals surface area contributed by atoms with Gasteiger partial charge in [0, 0.05) is 6.04 Å². The molecule has 1 aromatic carbocycles. The van der Waals surface area contributed by atoms with E-state index in [-0.39, 0.29) is 11.9 Å². The van der Waals surface area contributed by atoms with Gasteiger partial charge in [0.1, 0.15) is 5.82 Å². The van der Waals surface area contributed by atoms with Crippen molar-refractivity contribution in [3.63, 3.8) is 0 Å². The first kappa shape index (κ1) is 12.9. The van der Waals surface area contributed by atoms with E-state index in [4.69, 9.17) is 0 Å². The monoisotopic (exact) mass is 221 g/mol. The van der Waals surface area contributed by atoms with Gasteiger partial charge >= 0.3 is 0 Å². The highest BCUT2D eigenvalue weighted by Crippen LogP contribution is 2.08. The standard InChI is InChI=1S/C14H20FN/c1-4-16-14(8-11(2)3)10-12-6-5-7-13(15)9-12/h5-9,14,16H,4,10H2,1-3H3. The molecule has 0 amide bonds. The van der Waals surface area contributed by atoms with E-state index in [0.717, 1.165) is 18.5 Å². The summed E-state index contributed by atoms with van der Waals surface area (Å²) < 4.78 is 13.0. The van der Waals surface area contributed by atoms with Crippen molar-refractivity contribution in [1.29, 1.82) is 0 Å². The number of halogens is 1. The van der Waals surface area contributed by atoms with Crippen LogP contribution in [0, 0.1) is 5.82 Å². The lowest BCUT2D eigenvalue weighted by atomic mass is 10.0. The predicted octanol–water partition coefficient (Wildman–Crippen LogP) is 3.31. The molecule has 0 bridgehead atoms. The summed E-state index contributed by atoms with van der Waals surface area (Å²) in [6.45, 7) is 7.16. The maximum absolute atomic E-state index is 13.0. The molecular weight excluding hydrogens is 201 g/mol. The second-order valence-electron chi connectivity index (χ2n) is 4.24. The number of hydrogen-bond donors (Lipinski definition) is 1. The zero-order valence-electron chi connectivity index (χ0n) is 10.3. The fourth-order valence-corrected chi connectivity index (χ4v) is 1.77. The summed E-state index contributed by atoms with van der Waals surface area (Å²) in [5, 5.41) is 3.38. The van der Waals surface area contributed by atoms with E-state index >= 15 is 0 Å². The van der Waals surface area contributed by atoms with E-state index in [1.807, 2.05) is 6.07 Å². The second-order valence-corrected chi connectivity index (χ2v) is 4.24. The molecule has 1 nitrogen and oxygen atoms in total. The molecule has 1 rings (SSSR count). The highest BCUT2D eigenvalue weighted by atomic mass is 19.1. The Hall–Kier alpha value is -1.15. The van der Waals surface area contributed by atoms with Crippen LogP contribution in [0.25, 0.3) is 0 Å². The maximum Gasteiger partial charge on any atom is 0.123 e. The number of hydrogen-bond acceptors (Lipinski definition) is 1. The van der Waals surface area contributed by atoms with Crippen molar-refractivity contribution in [2.24, 2.45) is 0 Å². The molecule has 0 radical (unpaired) electrons. The lowest BCUT2D eigenvalue weighted by Crippen LogP contribution is -2.29. The van der Waals surface area contributed by atoms with Crippen LogP contribution in [0.1, 0.15) is 26.3 Å². The van der Waals surface area contributed by atoms with Crippen molar-refractivity contribution in [3.05, 3.63) is 47.3 Å². The average Bonchev–Trinajstić information content (AvgIpc) is 2.16. The normalized spacial score (nSPS) is 12.2. The molecule has 1 N–H and O–H groups in total.